The van der Waals surface area contributed by atoms with Crippen molar-refractivity contribution in [2.45, 2.75) is 58.8 Å². The second-order valence-corrected chi connectivity index (χ2v) is 9.18. The third kappa shape index (κ3) is 4.44. The van der Waals surface area contributed by atoms with Gasteiger partial charge in [-0.3, -0.25) is 4.79 Å². The predicted octanol–water partition coefficient (Wildman–Crippen LogP) is 5.97. The molecule has 1 N–H and O–H groups in total. The van der Waals surface area contributed by atoms with Gasteiger partial charge in [-0.15, -0.1) is 0 Å². The number of rotatable bonds is 10. The van der Waals surface area contributed by atoms with Crippen molar-refractivity contribution in [2.24, 2.45) is 23.7 Å². The number of amides is 1. The molecule has 3 heteroatoms. The van der Waals surface area contributed by atoms with E-state index in [0.717, 1.165) is 51.1 Å². The van der Waals surface area contributed by atoms with Crippen LogP contribution in [0.25, 0.3) is 10.9 Å². The third-order valence-corrected chi connectivity index (χ3v) is 7.26. The number of unbranched alkanes of at least 4 members (excludes halogenated alkanes) is 1. The van der Waals surface area contributed by atoms with Crippen LogP contribution in [0.15, 0.2) is 42.6 Å². The lowest BCUT2D eigenvalue weighted by molar-refractivity contribution is -0.136. The highest BCUT2D eigenvalue weighted by Gasteiger charge is 2.37. The highest BCUT2D eigenvalue weighted by atomic mass is 16.2. The number of allylic oxidation sites excluding steroid dienone is 2. The Labute approximate surface area is 175 Å². The van der Waals surface area contributed by atoms with Gasteiger partial charge in [-0.05, 0) is 61.5 Å². The van der Waals surface area contributed by atoms with Gasteiger partial charge in [-0.25, -0.2) is 0 Å². The van der Waals surface area contributed by atoms with Gasteiger partial charge < -0.3 is 9.88 Å². The summed E-state index contributed by atoms with van der Waals surface area (Å²) >= 11 is 0. The first-order chi connectivity index (χ1) is 14.2. The molecule has 4 atom stereocenters. The van der Waals surface area contributed by atoms with Crippen LogP contribution in [0.2, 0.25) is 0 Å². The van der Waals surface area contributed by atoms with Crippen molar-refractivity contribution < 1.29 is 4.79 Å². The van der Waals surface area contributed by atoms with Crippen LogP contribution in [0.3, 0.4) is 0 Å². The van der Waals surface area contributed by atoms with Gasteiger partial charge in [0, 0.05) is 36.1 Å². The SMILES string of the molecule is CCCCC(CC)C(=O)N(CCc1c[nH]c2ccccc12)CC1CC2C=CC1C2. The molecule has 1 fully saturated rings. The summed E-state index contributed by atoms with van der Waals surface area (Å²) in [5.41, 5.74) is 2.51. The quantitative estimate of drug-likeness (QED) is 0.497. The average Bonchev–Trinajstić information content (AvgIpc) is 3.47. The van der Waals surface area contributed by atoms with E-state index in [4.69, 9.17) is 0 Å². The first kappa shape index (κ1) is 20.3. The van der Waals surface area contributed by atoms with Crippen LogP contribution in [0.4, 0.5) is 0 Å². The predicted molar refractivity (Wildman–Crippen MR) is 121 cm³/mol. The Kier molecular flexibility index (Phi) is 6.42. The summed E-state index contributed by atoms with van der Waals surface area (Å²) in [7, 11) is 0. The fourth-order valence-corrected chi connectivity index (χ4v) is 5.48. The molecule has 0 aliphatic heterocycles. The number of H-pyrrole nitrogens is 1. The van der Waals surface area contributed by atoms with Crippen LogP contribution < -0.4 is 0 Å². The maximum atomic E-state index is 13.5. The van der Waals surface area contributed by atoms with Gasteiger partial charge in [0.2, 0.25) is 5.91 Å². The summed E-state index contributed by atoms with van der Waals surface area (Å²) in [6, 6.07) is 8.48. The number of aromatic nitrogens is 1. The first-order valence-corrected chi connectivity index (χ1v) is 11.7. The second kappa shape index (κ2) is 9.19. The average molecular weight is 393 g/mol. The Morgan fingerprint density at radius 1 is 1.21 bits per heavy atom. The fourth-order valence-electron chi connectivity index (χ4n) is 5.48. The van der Waals surface area contributed by atoms with E-state index < -0.39 is 0 Å². The molecule has 29 heavy (non-hydrogen) atoms. The Morgan fingerprint density at radius 3 is 2.79 bits per heavy atom. The highest BCUT2D eigenvalue weighted by Crippen LogP contribution is 2.43. The zero-order chi connectivity index (χ0) is 20.2. The van der Waals surface area contributed by atoms with Crippen LogP contribution in [0, 0.1) is 23.7 Å². The lowest BCUT2D eigenvalue weighted by Crippen LogP contribution is -2.41. The first-order valence-electron chi connectivity index (χ1n) is 11.7. The molecule has 1 amide bonds. The fraction of sp³-hybridized carbons (Fsp3) is 0.577. The van der Waals surface area contributed by atoms with Crippen molar-refractivity contribution in [3.05, 3.63) is 48.2 Å². The number of carbonyl (C=O) groups is 1. The molecule has 2 aromatic rings. The zero-order valence-electron chi connectivity index (χ0n) is 18.1. The lowest BCUT2D eigenvalue weighted by Gasteiger charge is -2.31. The Hall–Kier alpha value is -2.03. The van der Waals surface area contributed by atoms with E-state index >= 15 is 0 Å². The van der Waals surface area contributed by atoms with Crippen molar-refractivity contribution in [1.29, 1.82) is 0 Å². The minimum atomic E-state index is 0.187. The summed E-state index contributed by atoms with van der Waals surface area (Å²) < 4.78 is 0. The molecule has 4 rings (SSSR count). The molecule has 1 saturated carbocycles. The van der Waals surface area contributed by atoms with E-state index in [-0.39, 0.29) is 5.92 Å². The smallest absolute Gasteiger partial charge is 0.225 e. The molecule has 2 aliphatic carbocycles. The Morgan fingerprint density at radius 2 is 2.07 bits per heavy atom. The molecule has 4 unspecified atom stereocenters. The summed E-state index contributed by atoms with van der Waals surface area (Å²) in [5.74, 6) is 2.69. The number of nitrogens with zero attached hydrogens (tertiary/aromatic N) is 1. The van der Waals surface area contributed by atoms with Crippen molar-refractivity contribution in [3.8, 4) is 0 Å². The largest absolute Gasteiger partial charge is 0.361 e. The molecule has 0 spiro atoms. The molecule has 1 aromatic heterocycles. The normalized spacial score (nSPS) is 23.7. The van der Waals surface area contributed by atoms with Crippen molar-refractivity contribution in [3.63, 3.8) is 0 Å². The molecule has 1 aromatic carbocycles. The second-order valence-electron chi connectivity index (χ2n) is 9.18. The number of para-hydroxylation sites is 1. The Balaban J connectivity index is 1.47. The van der Waals surface area contributed by atoms with E-state index in [1.807, 2.05) is 0 Å². The van der Waals surface area contributed by atoms with Crippen molar-refractivity contribution in [1.82, 2.24) is 9.88 Å². The van der Waals surface area contributed by atoms with E-state index in [0.29, 0.717) is 17.7 Å². The molecule has 2 aliphatic rings. The number of hydrogen-bond donors (Lipinski definition) is 1. The monoisotopic (exact) mass is 392 g/mol. The summed E-state index contributed by atoms with van der Waals surface area (Å²) in [6.45, 7) is 6.17. The molecule has 2 bridgehead atoms. The molecule has 156 valence electrons. The third-order valence-electron chi connectivity index (χ3n) is 7.26. The summed E-state index contributed by atoms with van der Waals surface area (Å²) in [6.07, 6.45) is 14.7. The molecule has 3 nitrogen and oxygen atoms in total. The van der Waals surface area contributed by atoms with Gasteiger partial charge >= 0.3 is 0 Å². The van der Waals surface area contributed by atoms with Crippen LogP contribution in [0.5, 0.6) is 0 Å². The maximum Gasteiger partial charge on any atom is 0.225 e. The zero-order valence-corrected chi connectivity index (χ0v) is 18.1. The van der Waals surface area contributed by atoms with Gasteiger partial charge in [0.1, 0.15) is 0 Å². The molecule has 0 radical (unpaired) electrons. The van der Waals surface area contributed by atoms with E-state index in [2.05, 4.69) is 66.3 Å². The van der Waals surface area contributed by atoms with Crippen molar-refractivity contribution in [2.75, 3.05) is 13.1 Å². The number of carbonyl (C=O) groups excluding carboxylic acids is 1. The van der Waals surface area contributed by atoms with Gasteiger partial charge in [-0.1, -0.05) is 57.0 Å². The van der Waals surface area contributed by atoms with Crippen LogP contribution in [-0.2, 0) is 11.2 Å². The summed E-state index contributed by atoms with van der Waals surface area (Å²) in [5, 5.41) is 1.29. The van der Waals surface area contributed by atoms with Crippen LogP contribution in [0.1, 0.15) is 57.9 Å². The number of fused-ring (bicyclic) bond motifs is 3. The lowest BCUT2D eigenvalue weighted by atomic mass is 9.91. The van der Waals surface area contributed by atoms with Gasteiger partial charge in [0.05, 0.1) is 0 Å². The molecule has 1 heterocycles. The van der Waals surface area contributed by atoms with Gasteiger partial charge in [0.15, 0.2) is 0 Å². The summed E-state index contributed by atoms with van der Waals surface area (Å²) in [4.78, 5) is 19.1. The highest BCUT2D eigenvalue weighted by molar-refractivity contribution is 5.83. The van der Waals surface area contributed by atoms with E-state index in [1.54, 1.807) is 0 Å². The molecular weight excluding hydrogens is 356 g/mol. The number of nitrogens with one attached hydrogen (secondary N) is 1. The molecule has 0 saturated heterocycles. The standard InChI is InChI=1S/C26H36N2O/c1-3-5-8-20(4-2)26(29)28(18-23-16-19-11-12-21(23)15-19)14-13-22-17-27-25-10-7-6-9-24(22)25/h6-7,9-12,17,19-21,23,27H,3-5,8,13-16,18H2,1-2H3. The number of hydrogen-bond acceptors (Lipinski definition) is 1. The minimum Gasteiger partial charge on any atom is -0.361 e. The Bertz CT molecular complexity index is 851. The van der Waals surface area contributed by atoms with Crippen LogP contribution >= 0.6 is 0 Å². The van der Waals surface area contributed by atoms with Crippen LogP contribution in [-0.4, -0.2) is 28.9 Å². The van der Waals surface area contributed by atoms with Crippen molar-refractivity contribution >= 4 is 16.8 Å². The number of benzene rings is 1. The van der Waals surface area contributed by atoms with E-state index in [1.165, 1.54) is 29.3 Å². The molecular formula is C26H36N2O. The van der Waals surface area contributed by atoms with Gasteiger partial charge in [-0.2, -0.15) is 0 Å². The number of aromatic amines is 1. The van der Waals surface area contributed by atoms with E-state index in [9.17, 15) is 4.79 Å². The minimum absolute atomic E-state index is 0.187. The maximum absolute atomic E-state index is 13.5. The topological polar surface area (TPSA) is 36.1 Å². The van der Waals surface area contributed by atoms with Gasteiger partial charge in [0.25, 0.3) is 0 Å².